The highest BCUT2D eigenvalue weighted by Crippen LogP contribution is 2.45. The minimum atomic E-state index is -4.21. The Morgan fingerprint density at radius 3 is 1.05 bits per heavy atom. The van der Waals surface area contributed by atoms with Gasteiger partial charge in [-0.05, 0) is 125 Å². The number of epoxide rings is 1. The first-order chi connectivity index (χ1) is 47.0. The molecule has 6 aromatic rings. The molecule has 1 aliphatic rings. The Bertz CT molecular complexity index is 4040. The van der Waals surface area contributed by atoms with Gasteiger partial charge in [0.05, 0.1) is 81.9 Å². The van der Waals surface area contributed by atoms with Gasteiger partial charge in [-0.25, -0.2) is 39.8 Å². The monoisotopic (exact) mass is 1690 g/mol. The number of aliphatic hydroxyl groups excluding tert-OH is 1. The predicted molar refractivity (Wildman–Crippen MR) is 397 cm³/mol. The van der Waals surface area contributed by atoms with Crippen LogP contribution in [0.5, 0.6) is 34.5 Å². The van der Waals surface area contributed by atoms with Crippen molar-refractivity contribution in [2.75, 3.05) is 75.9 Å². The highest BCUT2D eigenvalue weighted by Gasteiger charge is 2.52. The maximum atomic E-state index is 14.2. The quantitative estimate of drug-likeness (QED) is 0.0129. The van der Waals surface area contributed by atoms with Crippen LogP contribution in [-0.4, -0.2) is 143 Å². The average molecular weight is 1700 g/mol. The second-order valence-corrected chi connectivity index (χ2v) is 33.1. The number of primary sulfonamides is 1. The van der Waals surface area contributed by atoms with Gasteiger partial charge in [0, 0.05) is 40.4 Å². The lowest BCUT2D eigenvalue weighted by Crippen LogP contribution is -2.46. The molecular formula is C67H80Cl9F6N3O15S3. The van der Waals surface area contributed by atoms with Gasteiger partial charge < -0.3 is 38.3 Å². The molecule has 576 valence electrons. The average Bonchev–Trinajstić information content (AvgIpc) is 1.71. The maximum Gasteiger partial charge on any atom is 0.462 e. The first-order valence-corrected chi connectivity index (χ1v) is 39.9. The molecule has 1 saturated heterocycles. The molecule has 0 bridgehead atoms. The van der Waals surface area contributed by atoms with E-state index in [9.17, 15) is 61.5 Å². The van der Waals surface area contributed by atoms with Crippen molar-refractivity contribution in [3.63, 3.8) is 0 Å². The van der Waals surface area contributed by atoms with Gasteiger partial charge in [0.1, 0.15) is 17.2 Å². The summed E-state index contributed by atoms with van der Waals surface area (Å²) in [5.41, 5.74) is 3.05. The number of alkyl halides is 9. The van der Waals surface area contributed by atoms with Crippen LogP contribution in [0, 0.1) is 0 Å². The van der Waals surface area contributed by atoms with Crippen molar-refractivity contribution in [1.29, 1.82) is 0 Å². The summed E-state index contributed by atoms with van der Waals surface area (Å²) in [5.74, 6) is 0.394. The van der Waals surface area contributed by atoms with E-state index in [4.69, 9.17) is 123 Å². The molecule has 2 atom stereocenters. The van der Waals surface area contributed by atoms with Crippen LogP contribution in [0.2, 0.25) is 30.1 Å². The van der Waals surface area contributed by atoms with E-state index in [1.165, 1.54) is 36.4 Å². The number of nitrogens with two attached hydrogens (primary N) is 1. The fourth-order valence-electron chi connectivity index (χ4n) is 8.72. The number of ketones is 1. The fourth-order valence-corrected chi connectivity index (χ4v) is 11.7. The number of Topliss-reactive ketones (excluding diaryl/α,β-unsaturated/α-hetero) is 1. The van der Waals surface area contributed by atoms with Crippen molar-refractivity contribution < 1.29 is 94.7 Å². The number of nitrogens with one attached hydrogen (secondary N) is 2. The van der Waals surface area contributed by atoms with Crippen LogP contribution < -0.4 is 43.0 Å². The lowest BCUT2D eigenvalue weighted by Gasteiger charge is -2.28. The normalized spacial score (nSPS) is 13.8. The van der Waals surface area contributed by atoms with Crippen LogP contribution in [0.25, 0.3) is 0 Å². The van der Waals surface area contributed by atoms with Gasteiger partial charge in [-0.1, -0.05) is 155 Å². The van der Waals surface area contributed by atoms with Gasteiger partial charge in [0.15, 0.2) is 29.5 Å². The molecule has 0 radical (unpaired) electrons. The van der Waals surface area contributed by atoms with Crippen molar-refractivity contribution in [3.05, 3.63) is 173 Å². The molecule has 18 nitrogen and oxygen atoms in total. The van der Waals surface area contributed by atoms with Gasteiger partial charge in [-0.15, -0.1) is 34.8 Å². The Morgan fingerprint density at radius 1 is 0.515 bits per heavy atom. The summed E-state index contributed by atoms with van der Waals surface area (Å²) < 4.78 is 186. The van der Waals surface area contributed by atoms with Gasteiger partial charge in [-0.3, -0.25) is 4.79 Å². The standard InChI is InChI=1S/C22H26Cl3F2NO5S.C22H24Cl3F2NO5S.C21H21Cl3F2O3.CH5NO2S.CH4/c2*1-21(2,15-11-17(24)20(18(25)12-15)32-10-4-9-23)14-5-7-16(8-6-14)33-22(26,27)19(29)13-28-34(3,30)31;1-20(2,14-10-16(23)19(17(24)11-14)27-9-3-8-22)13-4-6-15(7-5-13)29-21(25,26)18-12-28-18;1-5(2,3)4;/h5-8,11-12,19,28-29H,4,9-10,13H2,1-3H3;5-8,11-12,28H,4,9-10,13H2,1-3H3;4-7,10-11,18H,3,8-9,12H2,1-2H3;1H3,(H2,2,3,4);1H4. The van der Waals surface area contributed by atoms with E-state index in [2.05, 4.69) is 19.3 Å². The van der Waals surface area contributed by atoms with Gasteiger partial charge in [0.25, 0.3) is 5.78 Å². The first-order valence-electron chi connectivity index (χ1n) is 30.3. The smallest absolute Gasteiger partial charge is 0.462 e. The lowest BCUT2D eigenvalue weighted by atomic mass is 9.78. The number of hydrogen-bond acceptors (Lipinski definition) is 15. The third kappa shape index (κ3) is 30.0. The Kier molecular flexibility index (Phi) is 35.7. The second kappa shape index (κ2) is 39.6. The number of halogens is 15. The summed E-state index contributed by atoms with van der Waals surface area (Å²) in [6.45, 7) is 10.8. The summed E-state index contributed by atoms with van der Waals surface area (Å²) in [6.07, 6.45) is -10.7. The third-order valence-corrected chi connectivity index (χ3v) is 18.5. The molecule has 5 N–H and O–H groups in total. The number of benzene rings is 6. The highest BCUT2D eigenvalue weighted by atomic mass is 35.5. The van der Waals surface area contributed by atoms with E-state index < -0.39 is 95.7 Å². The number of rotatable bonds is 33. The number of carbonyl (C=O) groups excluding carboxylic acids is 1. The SMILES string of the molecule is C.CC(C)(c1ccc(OC(F)(F)C(=O)CNS(C)(=O)=O)cc1)c1cc(Cl)c(OCCCCl)c(Cl)c1.CC(C)(c1ccc(OC(F)(F)C(O)CNS(C)(=O)=O)cc1)c1cc(Cl)c(OCCCCl)c(Cl)c1.CC(C)(c1ccc(OC(F)(F)C2CO2)cc1)c1cc(Cl)c(OCCCCl)c(Cl)c1.CS(N)(=O)=O. The molecule has 0 spiro atoms. The number of aliphatic hydroxyl groups is 1. The van der Waals surface area contributed by atoms with E-state index in [0.717, 1.165) is 52.1 Å². The van der Waals surface area contributed by atoms with E-state index in [0.29, 0.717) is 104 Å². The molecular weight excluding hydrogens is 1620 g/mol. The van der Waals surface area contributed by atoms with E-state index >= 15 is 0 Å². The van der Waals surface area contributed by atoms with Crippen LogP contribution in [-0.2, 0) is 55.8 Å². The van der Waals surface area contributed by atoms with E-state index in [-0.39, 0.29) is 31.3 Å². The molecule has 2 unspecified atom stereocenters. The molecule has 0 saturated carbocycles. The van der Waals surface area contributed by atoms with Crippen molar-refractivity contribution in [2.24, 2.45) is 5.14 Å². The molecule has 1 fully saturated rings. The highest BCUT2D eigenvalue weighted by molar-refractivity contribution is 7.89. The van der Waals surface area contributed by atoms with Gasteiger partial charge in [0.2, 0.25) is 30.1 Å². The van der Waals surface area contributed by atoms with Crippen molar-refractivity contribution in [2.45, 2.75) is 115 Å². The van der Waals surface area contributed by atoms with Gasteiger partial charge in [-0.2, -0.15) is 26.3 Å². The number of hydrogen-bond donors (Lipinski definition) is 4. The molecule has 0 amide bonds. The zero-order valence-electron chi connectivity index (χ0n) is 56.2. The first kappa shape index (κ1) is 92.8. The largest absolute Gasteiger partial charge is 0.490 e. The maximum absolute atomic E-state index is 14.2. The second-order valence-electron chi connectivity index (χ2n) is 24.2. The Morgan fingerprint density at radius 2 is 0.786 bits per heavy atom. The van der Waals surface area contributed by atoms with Gasteiger partial charge >= 0.3 is 18.3 Å². The molecule has 103 heavy (non-hydrogen) atoms. The van der Waals surface area contributed by atoms with Crippen molar-refractivity contribution in [1.82, 2.24) is 9.44 Å². The van der Waals surface area contributed by atoms with Crippen LogP contribution in [0.3, 0.4) is 0 Å². The summed E-state index contributed by atoms with van der Waals surface area (Å²) in [5, 5.41) is 16.1. The van der Waals surface area contributed by atoms with Crippen LogP contribution in [0.4, 0.5) is 26.3 Å². The number of ether oxygens (including phenoxy) is 7. The Hall–Kier alpha value is -4.37. The molecule has 1 heterocycles. The summed E-state index contributed by atoms with van der Waals surface area (Å²) in [7, 11) is -10.7. The van der Waals surface area contributed by atoms with E-state index in [1.54, 1.807) is 77.5 Å². The minimum absolute atomic E-state index is 0. The number of sulfonamides is 3. The third-order valence-electron chi connectivity index (χ3n) is 14.7. The van der Waals surface area contributed by atoms with Crippen LogP contribution in [0.1, 0.15) is 102 Å². The van der Waals surface area contributed by atoms with Crippen molar-refractivity contribution in [3.8, 4) is 34.5 Å². The molecule has 7 rings (SSSR count). The topological polar surface area (TPSA) is 258 Å². The van der Waals surface area contributed by atoms with Crippen LogP contribution in [0.15, 0.2) is 109 Å². The summed E-state index contributed by atoms with van der Waals surface area (Å²) in [4.78, 5) is 11.7. The zero-order valence-corrected chi connectivity index (χ0v) is 65.4. The Labute approximate surface area is 642 Å². The minimum Gasteiger partial charge on any atom is -0.490 e. The van der Waals surface area contributed by atoms with Crippen molar-refractivity contribution >= 4 is 140 Å². The predicted octanol–water partition coefficient (Wildman–Crippen LogP) is 16.9. The summed E-state index contributed by atoms with van der Waals surface area (Å²) in [6, 6.07) is 28.6. The Balaban J connectivity index is 0.000000387. The molecule has 0 aromatic heterocycles. The fraction of sp³-hybridized carbons (Fsp3) is 0.448. The molecule has 1 aliphatic heterocycles. The zero-order chi connectivity index (χ0) is 77.2. The molecule has 6 aromatic carbocycles. The number of carbonyl (C=O) groups is 1. The molecule has 36 heteroatoms. The molecule has 0 aliphatic carbocycles. The lowest BCUT2D eigenvalue weighted by molar-refractivity contribution is -0.236. The van der Waals surface area contributed by atoms with Crippen LogP contribution >= 0.6 is 104 Å². The summed E-state index contributed by atoms with van der Waals surface area (Å²) >= 11 is 55.2. The van der Waals surface area contributed by atoms with E-state index in [1.807, 2.05) is 46.3 Å².